The first kappa shape index (κ1) is 13.2. The molecule has 1 aromatic carbocycles. The predicted molar refractivity (Wildman–Crippen MR) is 67.5 cm³/mol. The van der Waals surface area contributed by atoms with Crippen LogP contribution in [-0.2, 0) is 11.1 Å². The monoisotopic (exact) mass is 223 g/mol. The van der Waals surface area contributed by atoms with Crippen molar-refractivity contribution in [3.8, 4) is 0 Å². The van der Waals surface area contributed by atoms with Crippen molar-refractivity contribution in [3.05, 3.63) is 35.4 Å². The number of halogens is 1. The van der Waals surface area contributed by atoms with E-state index in [1.807, 2.05) is 24.3 Å². The fraction of sp³-hybridized carbons (Fsp3) is 0.571. The van der Waals surface area contributed by atoms with Crippen LogP contribution in [0, 0.1) is 0 Å². The number of hydrogen-bond donors (Lipinski definition) is 1. The molecular formula is C14H22FN. The molecule has 0 aliphatic rings. The maximum atomic E-state index is 14.6. The number of likely N-dealkylation sites (N-methyl/N-ethyl adjacent to an activating group) is 1. The molecule has 0 bridgehead atoms. The Hall–Kier alpha value is -0.890. The molecule has 0 aliphatic heterocycles. The molecule has 2 heteroatoms. The van der Waals surface area contributed by atoms with E-state index in [9.17, 15) is 4.39 Å². The summed E-state index contributed by atoms with van der Waals surface area (Å²) in [5.74, 6) is 0. The molecule has 0 amide bonds. The predicted octanol–water partition coefficient (Wildman–Crippen LogP) is 3.39. The van der Waals surface area contributed by atoms with Crippen molar-refractivity contribution in [1.29, 1.82) is 0 Å². The van der Waals surface area contributed by atoms with Crippen molar-refractivity contribution in [1.82, 2.24) is 5.32 Å². The molecule has 0 heterocycles. The summed E-state index contributed by atoms with van der Waals surface area (Å²) in [7, 11) is 1.78. The lowest BCUT2D eigenvalue weighted by Gasteiger charge is -2.29. The molecule has 90 valence electrons. The first-order valence-corrected chi connectivity index (χ1v) is 5.72. The van der Waals surface area contributed by atoms with E-state index >= 15 is 0 Å². The van der Waals surface area contributed by atoms with Crippen LogP contribution >= 0.6 is 0 Å². The van der Waals surface area contributed by atoms with Crippen molar-refractivity contribution in [2.24, 2.45) is 0 Å². The Labute approximate surface area is 98.1 Å². The summed E-state index contributed by atoms with van der Waals surface area (Å²) in [6.07, 6.45) is 0. The van der Waals surface area contributed by atoms with Gasteiger partial charge in [0.2, 0.25) is 0 Å². The van der Waals surface area contributed by atoms with Gasteiger partial charge in [-0.15, -0.1) is 0 Å². The summed E-state index contributed by atoms with van der Waals surface area (Å²) < 4.78 is 14.6. The zero-order valence-electron chi connectivity index (χ0n) is 10.9. The van der Waals surface area contributed by atoms with E-state index in [0.29, 0.717) is 6.54 Å². The number of hydrogen-bond acceptors (Lipinski definition) is 1. The molecule has 1 nitrogen and oxygen atoms in total. The second kappa shape index (κ2) is 4.54. The Bertz CT molecular complexity index is 350. The maximum absolute atomic E-state index is 14.6. The maximum Gasteiger partial charge on any atom is 0.145 e. The number of nitrogens with one attached hydrogen (secondary N) is 1. The number of alkyl halides is 1. The minimum absolute atomic E-state index is 0.0301. The molecule has 0 aliphatic carbocycles. The highest BCUT2D eigenvalue weighted by Crippen LogP contribution is 2.34. The van der Waals surface area contributed by atoms with Crippen LogP contribution in [0.4, 0.5) is 4.39 Å². The Morgan fingerprint density at radius 3 is 2.00 bits per heavy atom. The van der Waals surface area contributed by atoms with E-state index in [4.69, 9.17) is 0 Å². The van der Waals surface area contributed by atoms with Crippen molar-refractivity contribution < 1.29 is 4.39 Å². The summed E-state index contributed by atoms with van der Waals surface area (Å²) in [6, 6.07) is 7.78. The van der Waals surface area contributed by atoms with Gasteiger partial charge in [-0.3, -0.25) is 0 Å². The zero-order chi connectivity index (χ0) is 12.4. The van der Waals surface area contributed by atoms with Crippen molar-refractivity contribution in [2.75, 3.05) is 13.6 Å². The Kier molecular flexibility index (Phi) is 3.74. The van der Waals surface area contributed by atoms with Crippen LogP contribution < -0.4 is 5.32 Å². The Morgan fingerprint density at radius 2 is 1.56 bits per heavy atom. The molecule has 1 N–H and O–H groups in total. The molecule has 0 saturated carbocycles. The van der Waals surface area contributed by atoms with E-state index in [0.717, 1.165) is 11.1 Å². The van der Waals surface area contributed by atoms with Crippen LogP contribution in [0.15, 0.2) is 24.3 Å². The molecule has 0 fully saturated rings. The van der Waals surface area contributed by atoms with Crippen LogP contribution in [0.3, 0.4) is 0 Å². The zero-order valence-corrected chi connectivity index (χ0v) is 10.9. The van der Waals surface area contributed by atoms with Gasteiger partial charge in [0, 0.05) is 6.54 Å². The highest BCUT2D eigenvalue weighted by atomic mass is 19.1. The van der Waals surface area contributed by atoms with E-state index in [1.165, 1.54) is 0 Å². The van der Waals surface area contributed by atoms with Crippen molar-refractivity contribution >= 4 is 0 Å². The molecule has 0 saturated heterocycles. The van der Waals surface area contributed by atoms with Gasteiger partial charge in [0.05, 0.1) is 0 Å². The molecule has 0 radical (unpaired) electrons. The van der Waals surface area contributed by atoms with Gasteiger partial charge in [0.15, 0.2) is 0 Å². The lowest BCUT2D eigenvalue weighted by Crippen LogP contribution is -2.32. The fourth-order valence-corrected chi connectivity index (χ4v) is 2.02. The number of benzene rings is 1. The standard InChI is InChI=1S/C14H22FN/c1-13(2,3)11-8-6-7-9-12(11)14(4,15)10-16-5/h6-9,16H,10H2,1-5H3. The minimum Gasteiger partial charge on any atom is -0.316 e. The average Bonchev–Trinajstić information content (AvgIpc) is 2.16. The molecule has 1 rings (SSSR count). The summed E-state index contributed by atoms with van der Waals surface area (Å²) in [4.78, 5) is 0. The normalized spacial score (nSPS) is 15.9. The second-order valence-corrected chi connectivity index (χ2v) is 5.52. The van der Waals surface area contributed by atoms with Gasteiger partial charge in [-0.2, -0.15) is 0 Å². The summed E-state index contributed by atoms with van der Waals surface area (Å²) in [5, 5.41) is 2.91. The van der Waals surface area contributed by atoms with Gasteiger partial charge in [0.1, 0.15) is 5.67 Å². The largest absolute Gasteiger partial charge is 0.316 e. The van der Waals surface area contributed by atoms with Crippen LogP contribution in [0.5, 0.6) is 0 Å². The van der Waals surface area contributed by atoms with E-state index in [2.05, 4.69) is 26.1 Å². The number of rotatable bonds is 3. The lowest BCUT2D eigenvalue weighted by molar-refractivity contribution is 0.187. The first-order chi connectivity index (χ1) is 7.29. The molecule has 16 heavy (non-hydrogen) atoms. The van der Waals surface area contributed by atoms with Gasteiger partial charge >= 0.3 is 0 Å². The quantitative estimate of drug-likeness (QED) is 0.828. The smallest absolute Gasteiger partial charge is 0.145 e. The SMILES string of the molecule is CNCC(C)(F)c1ccccc1C(C)(C)C. The first-order valence-electron chi connectivity index (χ1n) is 5.72. The fourth-order valence-electron chi connectivity index (χ4n) is 2.02. The molecule has 0 aromatic heterocycles. The van der Waals surface area contributed by atoms with Crippen LogP contribution in [0.2, 0.25) is 0 Å². The second-order valence-electron chi connectivity index (χ2n) is 5.52. The van der Waals surface area contributed by atoms with E-state index in [1.54, 1.807) is 14.0 Å². The summed E-state index contributed by atoms with van der Waals surface area (Å²) >= 11 is 0. The van der Waals surface area contributed by atoms with E-state index < -0.39 is 5.67 Å². The van der Waals surface area contributed by atoms with Gasteiger partial charge in [-0.05, 0) is 30.5 Å². The topological polar surface area (TPSA) is 12.0 Å². The molecule has 0 spiro atoms. The lowest BCUT2D eigenvalue weighted by atomic mass is 9.79. The van der Waals surface area contributed by atoms with Gasteiger partial charge in [-0.25, -0.2) is 4.39 Å². The third kappa shape index (κ3) is 2.82. The third-order valence-electron chi connectivity index (χ3n) is 2.81. The Morgan fingerprint density at radius 1 is 1.06 bits per heavy atom. The highest BCUT2D eigenvalue weighted by molar-refractivity contribution is 5.37. The summed E-state index contributed by atoms with van der Waals surface area (Å²) in [6.45, 7) is 8.30. The Balaban J connectivity index is 3.23. The average molecular weight is 223 g/mol. The molecule has 1 atom stereocenters. The molecule has 1 aromatic rings. The highest BCUT2D eigenvalue weighted by Gasteiger charge is 2.30. The van der Waals surface area contributed by atoms with Crippen LogP contribution in [-0.4, -0.2) is 13.6 Å². The summed E-state index contributed by atoms with van der Waals surface area (Å²) in [5.41, 5.74) is 0.517. The van der Waals surface area contributed by atoms with Gasteiger partial charge in [-0.1, -0.05) is 45.0 Å². The van der Waals surface area contributed by atoms with Crippen molar-refractivity contribution in [2.45, 2.75) is 38.8 Å². The third-order valence-corrected chi connectivity index (χ3v) is 2.81. The molecule has 1 unspecified atom stereocenters. The minimum atomic E-state index is -1.32. The van der Waals surface area contributed by atoms with E-state index in [-0.39, 0.29) is 5.41 Å². The van der Waals surface area contributed by atoms with Crippen LogP contribution in [0.1, 0.15) is 38.8 Å². The molecular weight excluding hydrogens is 201 g/mol. The van der Waals surface area contributed by atoms with Gasteiger partial charge < -0.3 is 5.32 Å². The van der Waals surface area contributed by atoms with Crippen LogP contribution in [0.25, 0.3) is 0 Å². The van der Waals surface area contributed by atoms with Gasteiger partial charge in [0.25, 0.3) is 0 Å². The van der Waals surface area contributed by atoms with Crippen molar-refractivity contribution in [3.63, 3.8) is 0 Å².